The van der Waals surface area contributed by atoms with Crippen molar-refractivity contribution in [3.63, 3.8) is 0 Å². The summed E-state index contributed by atoms with van der Waals surface area (Å²) in [5.74, 6) is -1.54. The molecule has 3 rings (SSSR count). The fourth-order valence-electron chi connectivity index (χ4n) is 3.29. The summed E-state index contributed by atoms with van der Waals surface area (Å²) in [6, 6.07) is 26.9. The van der Waals surface area contributed by atoms with Gasteiger partial charge in [-0.2, -0.15) is 5.26 Å². The summed E-state index contributed by atoms with van der Waals surface area (Å²) in [5, 5.41) is 12.1. The lowest BCUT2D eigenvalue weighted by molar-refractivity contribution is -0.127. The number of hydrogen-bond donors (Lipinski definition) is 2. The van der Waals surface area contributed by atoms with Crippen LogP contribution in [0.1, 0.15) is 28.2 Å². The molecule has 0 radical (unpaired) electrons. The van der Waals surface area contributed by atoms with Crippen LogP contribution in [0, 0.1) is 11.3 Å². The third-order valence-corrected chi connectivity index (χ3v) is 4.75. The van der Waals surface area contributed by atoms with Crippen molar-refractivity contribution in [3.8, 4) is 6.07 Å². The minimum absolute atomic E-state index is 0.154. The molecule has 144 valence electrons. The van der Waals surface area contributed by atoms with E-state index < -0.39 is 17.9 Å². The first-order valence-corrected chi connectivity index (χ1v) is 9.27. The quantitative estimate of drug-likeness (QED) is 0.657. The third-order valence-electron chi connectivity index (χ3n) is 4.75. The minimum atomic E-state index is -0.924. The van der Waals surface area contributed by atoms with Crippen molar-refractivity contribution in [2.24, 2.45) is 5.73 Å². The van der Waals surface area contributed by atoms with Crippen LogP contribution in [-0.2, 0) is 16.0 Å². The molecule has 0 saturated heterocycles. The molecule has 0 aliphatic rings. The van der Waals surface area contributed by atoms with E-state index in [-0.39, 0.29) is 12.3 Å². The highest BCUT2D eigenvalue weighted by Gasteiger charge is 2.27. The van der Waals surface area contributed by atoms with Crippen molar-refractivity contribution in [2.75, 3.05) is 0 Å². The molecule has 0 fully saturated rings. The molecule has 0 spiro atoms. The smallest absolute Gasteiger partial charge is 0.240 e. The normalized spacial score (nSPS) is 11.4. The molecule has 5 heteroatoms. The Morgan fingerprint density at radius 3 is 1.90 bits per heavy atom. The van der Waals surface area contributed by atoms with Crippen LogP contribution >= 0.6 is 0 Å². The average Bonchev–Trinajstić information content (AvgIpc) is 2.75. The first-order valence-electron chi connectivity index (χ1n) is 9.27. The summed E-state index contributed by atoms with van der Waals surface area (Å²) in [5.41, 5.74) is 8.31. The molecule has 0 heterocycles. The van der Waals surface area contributed by atoms with Gasteiger partial charge < -0.3 is 11.1 Å². The summed E-state index contributed by atoms with van der Waals surface area (Å²) in [4.78, 5) is 25.3. The van der Waals surface area contributed by atoms with E-state index in [0.29, 0.717) is 11.1 Å². The maximum absolute atomic E-state index is 13.2. The summed E-state index contributed by atoms with van der Waals surface area (Å²) < 4.78 is 0. The molecule has 0 saturated carbocycles. The molecule has 29 heavy (non-hydrogen) atoms. The number of amides is 2. The standard InChI is InChI=1S/C24H21N3O2/c25-16-20-14-8-7-13-19(20)15-21(23(26)28)27-24(29)22(17-9-3-1-4-10-17)18-11-5-2-6-12-18/h1-14,21-22H,15H2,(H2,26,28)(H,27,29)/t21-/m1/s1. The van der Waals surface area contributed by atoms with E-state index in [1.165, 1.54) is 0 Å². The zero-order valence-corrected chi connectivity index (χ0v) is 15.8. The number of benzene rings is 3. The maximum Gasteiger partial charge on any atom is 0.240 e. The van der Waals surface area contributed by atoms with Gasteiger partial charge in [-0.25, -0.2) is 0 Å². The molecule has 0 unspecified atom stereocenters. The van der Waals surface area contributed by atoms with Gasteiger partial charge >= 0.3 is 0 Å². The van der Waals surface area contributed by atoms with Gasteiger partial charge in [-0.15, -0.1) is 0 Å². The van der Waals surface area contributed by atoms with Crippen LogP contribution < -0.4 is 11.1 Å². The number of nitrogens with zero attached hydrogens (tertiary/aromatic N) is 1. The monoisotopic (exact) mass is 383 g/mol. The van der Waals surface area contributed by atoms with Crippen LogP contribution in [0.15, 0.2) is 84.9 Å². The van der Waals surface area contributed by atoms with Crippen molar-refractivity contribution in [1.82, 2.24) is 5.32 Å². The van der Waals surface area contributed by atoms with Gasteiger partial charge in [0.25, 0.3) is 0 Å². The second-order valence-corrected chi connectivity index (χ2v) is 6.69. The van der Waals surface area contributed by atoms with Crippen LogP contribution in [0.3, 0.4) is 0 Å². The first kappa shape index (κ1) is 19.8. The maximum atomic E-state index is 13.2. The minimum Gasteiger partial charge on any atom is -0.368 e. The van der Waals surface area contributed by atoms with Gasteiger partial charge in [0.1, 0.15) is 6.04 Å². The highest BCUT2D eigenvalue weighted by Crippen LogP contribution is 2.25. The predicted octanol–water partition coefficient (Wildman–Crippen LogP) is 2.90. The Bertz CT molecular complexity index is 987. The Balaban J connectivity index is 1.89. The van der Waals surface area contributed by atoms with Crippen molar-refractivity contribution in [3.05, 3.63) is 107 Å². The SMILES string of the molecule is N#Cc1ccccc1C[C@@H](NC(=O)C(c1ccccc1)c1ccccc1)C(N)=O. The molecule has 0 aromatic heterocycles. The summed E-state index contributed by atoms with van der Waals surface area (Å²) in [6.07, 6.45) is 0.154. The van der Waals surface area contributed by atoms with E-state index in [2.05, 4.69) is 11.4 Å². The van der Waals surface area contributed by atoms with E-state index in [4.69, 9.17) is 5.73 Å². The van der Waals surface area contributed by atoms with E-state index in [1.807, 2.05) is 60.7 Å². The van der Waals surface area contributed by atoms with Gasteiger partial charge in [0, 0.05) is 6.42 Å². The van der Waals surface area contributed by atoms with Crippen LogP contribution in [0.25, 0.3) is 0 Å². The summed E-state index contributed by atoms with van der Waals surface area (Å²) >= 11 is 0. The van der Waals surface area contributed by atoms with Crippen molar-refractivity contribution < 1.29 is 9.59 Å². The molecular formula is C24H21N3O2. The zero-order chi connectivity index (χ0) is 20.6. The molecule has 0 aliphatic heterocycles. The fraction of sp³-hybridized carbons (Fsp3) is 0.125. The van der Waals surface area contributed by atoms with Crippen molar-refractivity contribution in [2.45, 2.75) is 18.4 Å². The highest BCUT2D eigenvalue weighted by atomic mass is 16.2. The summed E-state index contributed by atoms with van der Waals surface area (Å²) in [6.45, 7) is 0. The Labute approximate surface area is 169 Å². The number of nitrogens with two attached hydrogens (primary N) is 1. The second-order valence-electron chi connectivity index (χ2n) is 6.69. The molecule has 0 bridgehead atoms. The van der Waals surface area contributed by atoms with Gasteiger partial charge in [0.15, 0.2) is 0 Å². The van der Waals surface area contributed by atoms with Gasteiger partial charge in [-0.05, 0) is 22.8 Å². The van der Waals surface area contributed by atoms with E-state index in [9.17, 15) is 14.9 Å². The molecule has 5 nitrogen and oxygen atoms in total. The van der Waals surface area contributed by atoms with Crippen molar-refractivity contribution in [1.29, 1.82) is 5.26 Å². The topological polar surface area (TPSA) is 96.0 Å². The molecule has 3 aromatic carbocycles. The largest absolute Gasteiger partial charge is 0.368 e. The number of carbonyl (C=O) groups excluding carboxylic acids is 2. The molecular weight excluding hydrogens is 362 g/mol. The molecule has 0 aliphatic carbocycles. The number of nitrogens with one attached hydrogen (secondary N) is 1. The highest BCUT2D eigenvalue weighted by molar-refractivity contribution is 5.92. The molecule has 1 atom stereocenters. The Morgan fingerprint density at radius 1 is 0.862 bits per heavy atom. The van der Waals surface area contributed by atoms with Gasteiger partial charge in [0.05, 0.1) is 17.6 Å². The van der Waals surface area contributed by atoms with Gasteiger partial charge in [0.2, 0.25) is 11.8 Å². The van der Waals surface area contributed by atoms with Crippen LogP contribution in [-0.4, -0.2) is 17.9 Å². The molecule has 2 amide bonds. The van der Waals surface area contributed by atoms with E-state index in [0.717, 1.165) is 11.1 Å². The van der Waals surface area contributed by atoms with Crippen LogP contribution in [0.5, 0.6) is 0 Å². The lowest BCUT2D eigenvalue weighted by atomic mass is 9.90. The molecule has 3 aromatic rings. The van der Waals surface area contributed by atoms with E-state index >= 15 is 0 Å². The Kier molecular flexibility index (Phi) is 6.39. The third kappa shape index (κ3) is 4.88. The summed E-state index contributed by atoms with van der Waals surface area (Å²) in [7, 11) is 0. The Hall–Kier alpha value is -3.91. The number of nitriles is 1. The predicted molar refractivity (Wildman–Crippen MR) is 111 cm³/mol. The number of carbonyl (C=O) groups is 2. The number of hydrogen-bond acceptors (Lipinski definition) is 3. The average molecular weight is 383 g/mol. The molecule has 3 N–H and O–H groups in total. The van der Waals surface area contributed by atoms with E-state index in [1.54, 1.807) is 24.3 Å². The van der Waals surface area contributed by atoms with Gasteiger partial charge in [-0.1, -0.05) is 78.9 Å². The second kappa shape index (κ2) is 9.34. The van der Waals surface area contributed by atoms with Crippen LogP contribution in [0.2, 0.25) is 0 Å². The lowest BCUT2D eigenvalue weighted by Crippen LogP contribution is -2.47. The van der Waals surface area contributed by atoms with Crippen molar-refractivity contribution >= 4 is 11.8 Å². The lowest BCUT2D eigenvalue weighted by Gasteiger charge is -2.22. The Morgan fingerprint density at radius 2 is 1.38 bits per heavy atom. The zero-order valence-electron chi connectivity index (χ0n) is 15.8. The first-order chi connectivity index (χ1) is 14.1. The van der Waals surface area contributed by atoms with Crippen LogP contribution in [0.4, 0.5) is 0 Å². The van der Waals surface area contributed by atoms with Gasteiger partial charge in [-0.3, -0.25) is 9.59 Å². The number of primary amides is 1. The fourth-order valence-corrected chi connectivity index (χ4v) is 3.29. The number of rotatable bonds is 7.